The third-order valence-corrected chi connectivity index (χ3v) is 5.12. The van der Waals surface area contributed by atoms with E-state index in [1.54, 1.807) is 6.92 Å². The quantitative estimate of drug-likeness (QED) is 0.861. The molecule has 24 heavy (non-hydrogen) atoms. The molecule has 1 fully saturated rings. The van der Waals surface area contributed by atoms with Crippen molar-refractivity contribution in [1.82, 2.24) is 0 Å². The van der Waals surface area contributed by atoms with Gasteiger partial charge < -0.3 is 9.47 Å². The van der Waals surface area contributed by atoms with Crippen LogP contribution in [-0.2, 0) is 40.0 Å². The minimum atomic E-state index is -0.879. The maximum atomic E-state index is 12.3. The highest BCUT2D eigenvalue weighted by molar-refractivity contribution is 5.90. The standard InChI is InChI=1S/C19H23NO4/c1-11(18(21)24-14-8-9-14)23-19(22)20-17-15-6-2-4-12(15)10-13-5-3-7-16(13)17/h10-11,14H,2-9H2,1H3,(H,20,22). The van der Waals surface area contributed by atoms with Crippen LogP contribution in [0.5, 0.6) is 0 Å². The molecule has 0 saturated heterocycles. The molecule has 0 radical (unpaired) electrons. The lowest BCUT2D eigenvalue weighted by Gasteiger charge is -2.17. The summed E-state index contributed by atoms with van der Waals surface area (Å²) in [7, 11) is 0. The smallest absolute Gasteiger partial charge is 0.412 e. The number of ether oxygens (including phenoxy) is 2. The molecule has 128 valence electrons. The Hall–Kier alpha value is -2.04. The summed E-state index contributed by atoms with van der Waals surface area (Å²) in [6, 6.07) is 2.32. The predicted octanol–water partition coefficient (Wildman–Crippen LogP) is 3.31. The summed E-state index contributed by atoms with van der Waals surface area (Å²) in [6.07, 6.45) is 6.81. The molecule has 0 bridgehead atoms. The maximum absolute atomic E-state index is 12.3. The summed E-state index contributed by atoms with van der Waals surface area (Å²) in [6.45, 7) is 1.56. The number of aryl methyl sites for hydroxylation is 2. The van der Waals surface area contributed by atoms with Crippen molar-refractivity contribution in [3.63, 3.8) is 0 Å². The summed E-state index contributed by atoms with van der Waals surface area (Å²) in [5, 5.41) is 2.93. The van der Waals surface area contributed by atoms with Crippen molar-refractivity contribution in [3.8, 4) is 0 Å². The number of fused-ring (bicyclic) bond motifs is 2. The van der Waals surface area contributed by atoms with Crippen LogP contribution in [0.3, 0.4) is 0 Å². The van der Waals surface area contributed by atoms with Crippen molar-refractivity contribution in [2.75, 3.05) is 5.32 Å². The summed E-state index contributed by atoms with van der Waals surface area (Å²) in [5.41, 5.74) is 6.14. The fraction of sp³-hybridized carbons (Fsp3) is 0.579. The number of esters is 1. The lowest BCUT2D eigenvalue weighted by Crippen LogP contribution is -2.29. The highest BCUT2D eigenvalue weighted by Crippen LogP contribution is 2.38. The number of benzene rings is 1. The van der Waals surface area contributed by atoms with Crippen LogP contribution in [0.2, 0.25) is 0 Å². The van der Waals surface area contributed by atoms with Crippen molar-refractivity contribution in [1.29, 1.82) is 0 Å². The van der Waals surface area contributed by atoms with Crippen molar-refractivity contribution < 1.29 is 19.1 Å². The van der Waals surface area contributed by atoms with Gasteiger partial charge in [0.15, 0.2) is 6.10 Å². The Balaban J connectivity index is 1.47. The fourth-order valence-electron chi connectivity index (χ4n) is 3.75. The fourth-order valence-corrected chi connectivity index (χ4v) is 3.75. The molecule has 3 aliphatic carbocycles. The van der Waals surface area contributed by atoms with E-state index in [2.05, 4.69) is 11.4 Å². The second-order valence-electron chi connectivity index (χ2n) is 7.04. The molecule has 1 N–H and O–H groups in total. The first kappa shape index (κ1) is 15.5. The van der Waals surface area contributed by atoms with Gasteiger partial charge in [0, 0.05) is 0 Å². The minimum absolute atomic E-state index is 0.0206. The van der Waals surface area contributed by atoms with Crippen LogP contribution in [-0.4, -0.2) is 24.3 Å². The summed E-state index contributed by atoms with van der Waals surface area (Å²) in [5.74, 6) is -0.462. The first-order valence-corrected chi connectivity index (χ1v) is 8.96. The van der Waals surface area contributed by atoms with Gasteiger partial charge in [-0.05, 0) is 80.5 Å². The number of carbonyl (C=O) groups excluding carboxylic acids is 2. The molecule has 5 heteroatoms. The minimum Gasteiger partial charge on any atom is -0.460 e. The van der Waals surface area contributed by atoms with E-state index in [0.29, 0.717) is 0 Å². The summed E-state index contributed by atoms with van der Waals surface area (Å²) >= 11 is 0. The van der Waals surface area contributed by atoms with E-state index in [1.807, 2.05) is 0 Å². The molecule has 0 heterocycles. The SMILES string of the molecule is CC(OC(=O)Nc1c2c(cc3c1CCC3)CCC2)C(=O)OC1CC1. The van der Waals surface area contributed by atoms with Gasteiger partial charge in [0.25, 0.3) is 0 Å². The Bertz CT molecular complexity index is 661. The number of anilines is 1. The van der Waals surface area contributed by atoms with E-state index >= 15 is 0 Å². The third-order valence-electron chi connectivity index (χ3n) is 5.12. The van der Waals surface area contributed by atoms with Gasteiger partial charge in [0.05, 0.1) is 5.69 Å². The first-order valence-electron chi connectivity index (χ1n) is 8.96. The van der Waals surface area contributed by atoms with Gasteiger partial charge in [-0.15, -0.1) is 0 Å². The maximum Gasteiger partial charge on any atom is 0.412 e. The van der Waals surface area contributed by atoms with Crippen LogP contribution in [0.1, 0.15) is 54.9 Å². The molecular weight excluding hydrogens is 306 g/mol. The van der Waals surface area contributed by atoms with Crippen LogP contribution in [0.25, 0.3) is 0 Å². The van der Waals surface area contributed by atoms with Gasteiger partial charge in [-0.3, -0.25) is 5.32 Å². The number of hydrogen-bond acceptors (Lipinski definition) is 4. The average molecular weight is 329 g/mol. The highest BCUT2D eigenvalue weighted by atomic mass is 16.6. The van der Waals surface area contributed by atoms with Crippen molar-refractivity contribution in [3.05, 3.63) is 28.3 Å². The Morgan fingerprint density at radius 3 is 2.29 bits per heavy atom. The van der Waals surface area contributed by atoms with Gasteiger partial charge >= 0.3 is 12.1 Å². The van der Waals surface area contributed by atoms with Crippen LogP contribution in [0.15, 0.2) is 6.07 Å². The van der Waals surface area contributed by atoms with Crippen molar-refractivity contribution >= 4 is 17.7 Å². The molecule has 1 atom stereocenters. The second kappa shape index (κ2) is 6.11. The van der Waals surface area contributed by atoms with Gasteiger partial charge in [-0.25, -0.2) is 9.59 Å². The predicted molar refractivity (Wildman–Crippen MR) is 89.2 cm³/mol. The lowest BCUT2D eigenvalue weighted by atomic mass is 9.99. The van der Waals surface area contributed by atoms with Gasteiger partial charge in [-0.2, -0.15) is 0 Å². The number of rotatable bonds is 4. The topological polar surface area (TPSA) is 64.6 Å². The normalized spacial score (nSPS) is 19.4. The number of hydrogen-bond donors (Lipinski definition) is 1. The Labute approximate surface area is 141 Å². The van der Waals surface area contributed by atoms with E-state index in [9.17, 15) is 9.59 Å². The molecule has 4 rings (SSSR count). The molecule has 0 aromatic heterocycles. The van der Waals surface area contributed by atoms with E-state index in [4.69, 9.17) is 9.47 Å². The van der Waals surface area contributed by atoms with Crippen LogP contribution in [0.4, 0.5) is 10.5 Å². The Morgan fingerprint density at radius 1 is 1.08 bits per heavy atom. The van der Waals surface area contributed by atoms with E-state index < -0.39 is 18.2 Å². The summed E-state index contributed by atoms with van der Waals surface area (Å²) in [4.78, 5) is 24.1. The Kier molecular flexibility index (Phi) is 3.94. The zero-order valence-corrected chi connectivity index (χ0v) is 14.0. The monoisotopic (exact) mass is 329 g/mol. The number of carbonyl (C=O) groups is 2. The van der Waals surface area contributed by atoms with Gasteiger partial charge in [0.2, 0.25) is 0 Å². The van der Waals surface area contributed by atoms with E-state index in [-0.39, 0.29) is 6.10 Å². The van der Waals surface area contributed by atoms with Gasteiger partial charge in [-0.1, -0.05) is 6.07 Å². The molecular formula is C19H23NO4. The molecule has 1 amide bonds. The molecule has 1 aromatic rings. The Morgan fingerprint density at radius 2 is 1.71 bits per heavy atom. The molecule has 0 aliphatic heterocycles. The van der Waals surface area contributed by atoms with Crippen LogP contribution < -0.4 is 5.32 Å². The highest BCUT2D eigenvalue weighted by Gasteiger charge is 2.30. The number of nitrogens with one attached hydrogen (secondary N) is 1. The molecule has 3 aliphatic rings. The third kappa shape index (κ3) is 2.99. The lowest BCUT2D eigenvalue weighted by molar-refractivity contribution is -0.153. The molecule has 0 spiro atoms. The van der Waals surface area contributed by atoms with Crippen LogP contribution in [0, 0.1) is 0 Å². The first-order chi connectivity index (χ1) is 11.6. The molecule has 1 unspecified atom stereocenters. The van der Waals surface area contributed by atoms with E-state index in [0.717, 1.165) is 57.1 Å². The molecule has 1 aromatic carbocycles. The molecule has 5 nitrogen and oxygen atoms in total. The van der Waals surface area contributed by atoms with Crippen molar-refractivity contribution in [2.24, 2.45) is 0 Å². The number of amides is 1. The largest absolute Gasteiger partial charge is 0.460 e. The molecule has 1 saturated carbocycles. The summed E-state index contributed by atoms with van der Waals surface area (Å²) < 4.78 is 10.4. The van der Waals surface area contributed by atoms with E-state index in [1.165, 1.54) is 22.3 Å². The van der Waals surface area contributed by atoms with Gasteiger partial charge in [0.1, 0.15) is 6.10 Å². The second-order valence-corrected chi connectivity index (χ2v) is 7.04. The van der Waals surface area contributed by atoms with Crippen LogP contribution >= 0.6 is 0 Å². The average Bonchev–Trinajstić information content (AvgIpc) is 3.05. The zero-order chi connectivity index (χ0) is 16.7. The zero-order valence-electron chi connectivity index (χ0n) is 14.0. The van der Waals surface area contributed by atoms with Crippen molar-refractivity contribution in [2.45, 2.75) is 70.5 Å².